The second-order valence-electron chi connectivity index (χ2n) is 6.71. The summed E-state index contributed by atoms with van der Waals surface area (Å²) in [6.45, 7) is -1.21. The summed E-state index contributed by atoms with van der Waals surface area (Å²) in [7, 11) is 0. The lowest BCUT2D eigenvalue weighted by Gasteiger charge is -2.15. The molecule has 2 N–H and O–H groups in total. The first-order chi connectivity index (χ1) is 15.8. The van der Waals surface area contributed by atoms with Gasteiger partial charge in [-0.2, -0.15) is 23.0 Å². The Hall–Kier alpha value is -3.94. The number of pyridine rings is 1. The van der Waals surface area contributed by atoms with Crippen molar-refractivity contribution < 1.29 is 41.0 Å². The monoisotopic (exact) mass is 488 g/mol. The molecular formula is C20H14F6N4O4. The van der Waals surface area contributed by atoms with Gasteiger partial charge in [-0.15, -0.1) is 13.2 Å². The number of aliphatic hydroxyl groups excluding tert-OH is 1. The van der Waals surface area contributed by atoms with Crippen LogP contribution in [-0.4, -0.2) is 51.0 Å². The number of carbonyl (C=O) groups is 1. The smallest absolute Gasteiger partial charge is 0.406 e. The number of nitrogens with one attached hydrogen (secondary N) is 1. The summed E-state index contributed by atoms with van der Waals surface area (Å²) in [5.41, 5.74) is -1.43. The van der Waals surface area contributed by atoms with E-state index in [2.05, 4.69) is 14.8 Å². The molecule has 0 aliphatic carbocycles. The SMILES string of the molecule is O=C(NC[C@H](O)C(F)(F)F)c1cc(-c2ccc(OC(F)(F)F)cc2)nn(-c2cccnc2)c1=O. The molecule has 0 fully saturated rings. The van der Waals surface area contributed by atoms with E-state index in [1.54, 1.807) is 0 Å². The van der Waals surface area contributed by atoms with E-state index in [-0.39, 0.29) is 16.9 Å². The van der Waals surface area contributed by atoms with Crippen LogP contribution in [0, 0.1) is 0 Å². The van der Waals surface area contributed by atoms with Gasteiger partial charge in [0.05, 0.1) is 24.1 Å². The second kappa shape index (κ2) is 9.51. The molecule has 8 nitrogen and oxygen atoms in total. The average molecular weight is 488 g/mol. The summed E-state index contributed by atoms with van der Waals surface area (Å²) >= 11 is 0. The van der Waals surface area contributed by atoms with Gasteiger partial charge in [0, 0.05) is 11.8 Å². The van der Waals surface area contributed by atoms with Crippen molar-refractivity contribution in [1.29, 1.82) is 0 Å². The number of carbonyl (C=O) groups excluding carboxylic acids is 1. The number of hydrogen-bond acceptors (Lipinski definition) is 6. The van der Waals surface area contributed by atoms with E-state index in [1.165, 1.54) is 36.7 Å². The van der Waals surface area contributed by atoms with Crippen molar-refractivity contribution in [2.75, 3.05) is 6.54 Å². The zero-order valence-corrected chi connectivity index (χ0v) is 16.8. The predicted octanol–water partition coefficient (Wildman–Crippen LogP) is 2.85. The van der Waals surface area contributed by atoms with Gasteiger partial charge in [-0.05, 0) is 42.5 Å². The van der Waals surface area contributed by atoms with E-state index < -0.39 is 48.0 Å². The molecule has 2 aromatic heterocycles. The Labute approximate surface area is 186 Å². The lowest BCUT2D eigenvalue weighted by molar-refractivity contribution is -0.274. The third-order valence-electron chi connectivity index (χ3n) is 4.26. The van der Waals surface area contributed by atoms with Crippen molar-refractivity contribution in [3.8, 4) is 22.7 Å². The summed E-state index contributed by atoms with van der Waals surface area (Å²) in [5.74, 6) is -1.76. The molecule has 3 rings (SSSR count). The highest BCUT2D eigenvalue weighted by Gasteiger charge is 2.38. The molecule has 0 aliphatic heterocycles. The number of amides is 1. The van der Waals surface area contributed by atoms with Crippen LogP contribution in [0.25, 0.3) is 16.9 Å². The van der Waals surface area contributed by atoms with Crippen molar-refractivity contribution in [1.82, 2.24) is 20.1 Å². The van der Waals surface area contributed by atoms with E-state index in [4.69, 9.17) is 5.11 Å². The topological polar surface area (TPSA) is 106 Å². The molecule has 14 heteroatoms. The van der Waals surface area contributed by atoms with Gasteiger partial charge in [-0.1, -0.05) is 0 Å². The fourth-order valence-electron chi connectivity index (χ4n) is 2.68. The maximum absolute atomic E-state index is 12.8. The molecule has 0 unspecified atom stereocenters. The maximum Gasteiger partial charge on any atom is 0.573 e. The quantitative estimate of drug-likeness (QED) is 0.517. The highest BCUT2D eigenvalue weighted by atomic mass is 19.4. The highest BCUT2D eigenvalue weighted by molar-refractivity contribution is 5.94. The van der Waals surface area contributed by atoms with Crippen molar-refractivity contribution in [3.63, 3.8) is 0 Å². The fraction of sp³-hybridized carbons (Fsp3) is 0.200. The molecule has 3 aromatic rings. The van der Waals surface area contributed by atoms with Crippen molar-refractivity contribution >= 4 is 5.91 Å². The molecule has 0 radical (unpaired) electrons. The summed E-state index contributed by atoms with van der Waals surface area (Å²) in [6.07, 6.45) is -10.1. The van der Waals surface area contributed by atoms with Gasteiger partial charge in [-0.25, -0.2) is 0 Å². The molecule has 1 aromatic carbocycles. The minimum absolute atomic E-state index is 0.0662. The van der Waals surface area contributed by atoms with Crippen LogP contribution in [0.4, 0.5) is 26.3 Å². The minimum Gasteiger partial charge on any atom is -0.406 e. The molecule has 1 amide bonds. The number of halogens is 6. The number of aromatic nitrogens is 3. The lowest BCUT2D eigenvalue weighted by Crippen LogP contribution is -2.42. The third kappa shape index (κ3) is 6.10. The first kappa shape index (κ1) is 24.7. The fourth-order valence-corrected chi connectivity index (χ4v) is 2.68. The number of benzene rings is 1. The van der Waals surface area contributed by atoms with Crippen LogP contribution in [0.3, 0.4) is 0 Å². The molecular weight excluding hydrogens is 474 g/mol. The molecule has 0 bridgehead atoms. The summed E-state index contributed by atoms with van der Waals surface area (Å²) in [6, 6.07) is 8.14. The van der Waals surface area contributed by atoms with Gasteiger partial charge >= 0.3 is 12.5 Å². The molecule has 0 aliphatic rings. The summed E-state index contributed by atoms with van der Waals surface area (Å²) in [4.78, 5) is 29.1. The number of alkyl halides is 6. The van der Waals surface area contributed by atoms with Crippen molar-refractivity contribution in [2.24, 2.45) is 0 Å². The third-order valence-corrected chi connectivity index (χ3v) is 4.26. The minimum atomic E-state index is -4.99. The number of ether oxygens (including phenoxy) is 1. The molecule has 180 valence electrons. The maximum atomic E-state index is 12.8. The van der Waals surface area contributed by atoms with E-state index in [1.807, 2.05) is 5.32 Å². The van der Waals surface area contributed by atoms with Crippen LogP contribution in [-0.2, 0) is 0 Å². The normalized spacial score (nSPS) is 12.8. The lowest BCUT2D eigenvalue weighted by atomic mass is 10.1. The molecule has 0 saturated carbocycles. The van der Waals surface area contributed by atoms with Crippen LogP contribution in [0.2, 0.25) is 0 Å². The van der Waals surface area contributed by atoms with E-state index in [0.29, 0.717) is 0 Å². The molecule has 1 atom stereocenters. The second-order valence-corrected chi connectivity index (χ2v) is 6.71. The molecule has 2 heterocycles. The van der Waals surface area contributed by atoms with Crippen LogP contribution in [0.5, 0.6) is 5.75 Å². The number of aliphatic hydroxyl groups is 1. The highest BCUT2D eigenvalue weighted by Crippen LogP contribution is 2.26. The standard InChI is InChI=1S/C20H14F6N4O4/c21-19(22,23)16(31)10-28-17(32)14-8-15(11-3-5-13(6-4-11)34-20(24,25)26)29-30(18(14)33)12-2-1-7-27-9-12/h1-9,16,31H,10H2,(H,28,32)/t16-/m0/s1. The average Bonchev–Trinajstić information content (AvgIpc) is 2.77. The van der Waals surface area contributed by atoms with Crippen LogP contribution < -0.4 is 15.6 Å². The number of rotatable bonds is 6. The Morgan fingerprint density at radius 1 is 1.12 bits per heavy atom. The zero-order valence-electron chi connectivity index (χ0n) is 16.8. The molecule has 0 spiro atoms. The van der Waals surface area contributed by atoms with Crippen molar-refractivity contribution in [2.45, 2.75) is 18.6 Å². The molecule has 34 heavy (non-hydrogen) atoms. The van der Waals surface area contributed by atoms with Gasteiger partial charge < -0.3 is 15.2 Å². The van der Waals surface area contributed by atoms with Gasteiger partial charge in [-0.3, -0.25) is 14.6 Å². The summed E-state index contributed by atoms with van der Waals surface area (Å²) < 4.78 is 79.3. The van der Waals surface area contributed by atoms with Gasteiger partial charge in [0.2, 0.25) is 0 Å². The molecule has 0 saturated heterocycles. The van der Waals surface area contributed by atoms with Gasteiger partial charge in [0.1, 0.15) is 11.3 Å². The zero-order chi connectivity index (χ0) is 25.1. The van der Waals surface area contributed by atoms with Gasteiger partial charge in [0.15, 0.2) is 6.10 Å². The van der Waals surface area contributed by atoms with Gasteiger partial charge in [0.25, 0.3) is 11.5 Å². The predicted molar refractivity (Wildman–Crippen MR) is 104 cm³/mol. The van der Waals surface area contributed by atoms with Crippen molar-refractivity contribution in [3.05, 3.63) is 70.8 Å². The van der Waals surface area contributed by atoms with E-state index >= 15 is 0 Å². The van der Waals surface area contributed by atoms with Crippen LogP contribution in [0.1, 0.15) is 10.4 Å². The van der Waals surface area contributed by atoms with Crippen LogP contribution >= 0.6 is 0 Å². The van der Waals surface area contributed by atoms with Crippen LogP contribution in [0.15, 0.2) is 59.7 Å². The van der Waals surface area contributed by atoms with E-state index in [9.17, 15) is 35.9 Å². The Bertz CT molecular complexity index is 1210. The summed E-state index contributed by atoms with van der Waals surface area (Å²) in [5, 5.41) is 15.0. The Morgan fingerprint density at radius 2 is 1.79 bits per heavy atom. The van der Waals surface area contributed by atoms with E-state index in [0.717, 1.165) is 22.9 Å². The number of hydrogen-bond donors (Lipinski definition) is 2. The Morgan fingerprint density at radius 3 is 2.35 bits per heavy atom. The Balaban J connectivity index is 2.02. The number of nitrogens with zero attached hydrogens (tertiary/aromatic N) is 3. The largest absolute Gasteiger partial charge is 0.573 e. The first-order valence-corrected chi connectivity index (χ1v) is 9.29. The Kier molecular flexibility index (Phi) is 6.91. The first-order valence-electron chi connectivity index (χ1n) is 9.29.